The van der Waals surface area contributed by atoms with Crippen LogP contribution in [0.3, 0.4) is 0 Å². The number of nitrogens with two attached hydrogens (primary N) is 1. The van der Waals surface area contributed by atoms with Gasteiger partial charge in [-0.2, -0.15) is 0 Å². The minimum Gasteiger partial charge on any atom is -0.365 e. The number of hydrogen-bond acceptors (Lipinski definition) is 4. The van der Waals surface area contributed by atoms with E-state index in [-0.39, 0.29) is 5.91 Å². The van der Waals surface area contributed by atoms with Crippen LogP contribution in [0.2, 0.25) is 0 Å². The highest BCUT2D eigenvalue weighted by Gasteiger charge is 2.27. The summed E-state index contributed by atoms with van der Waals surface area (Å²) in [6, 6.07) is 2.35. The molecule has 1 aliphatic carbocycles. The first-order chi connectivity index (χ1) is 8.66. The molecule has 0 spiro atoms. The molecular formula is C13H18N4O. The molecule has 3 N–H and O–H groups in total. The predicted molar refractivity (Wildman–Crippen MR) is 69.8 cm³/mol. The van der Waals surface area contributed by atoms with Crippen LogP contribution in [0, 0.1) is 0 Å². The lowest BCUT2D eigenvalue weighted by molar-refractivity contribution is 0.1000. The summed E-state index contributed by atoms with van der Waals surface area (Å²) < 4.78 is 0. The summed E-state index contributed by atoms with van der Waals surface area (Å²) in [5.74, 6) is 0.362. The van der Waals surface area contributed by atoms with Gasteiger partial charge in [0.05, 0.1) is 11.6 Å². The first-order valence-electron chi connectivity index (χ1n) is 6.43. The summed E-state index contributed by atoms with van der Waals surface area (Å²) in [6.45, 7) is 1.88. The van der Waals surface area contributed by atoms with E-state index in [1.807, 2.05) is 13.1 Å². The van der Waals surface area contributed by atoms with Crippen LogP contribution in [-0.2, 0) is 12.8 Å². The summed E-state index contributed by atoms with van der Waals surface area (Å²) >= 11 is 0. The maximum Gasteiger partial charge on any atom is 0.252 e. The third kappa shape index (κ3) is 1.75. The van der Waals surface area contributed by atoms with Crippen molar-refractivity contribution < 1.29 is 4.79 Å². The Morgan fingerprint density at radius 2 is 2.28 bits per heavy atom. The van der Waals surface area contributed by atoms with E-state index in [0.29, 0.717) is 11.6 Å². The van der Waals surface area contributed by atoms with E-state index in [9.17, 15) is 4.79 Å². The number of hydrogen-bond donors (Lipinski definition) is 2. The Morgan fingerprint density at radius 1 is 1.50 bits per heavy atom. The maximum atomic E-state index is 11.6. The van der Waals surface area contributed by atoms with Crippen molar-refractivity contribution in [3.8, 4) is 0 Å². The molecule has 1 amide bonds. The number of rotatable bonds is 3. The van der Waals surface area contributed by atoms with Crippen molar-refractivity contribution in [1.29, 1.82) is 0 Å². The van der Waals surface area contributed by atoms with Gasteiger partial charge in [0, 0.05) is 25.8 Å². The molecule has 2 aliphatic rings. The van der Waals surface area contributed by atoms with Gasteiger partial charge in [-0.3, -0.25) is 4.79 Å². The quantitative estimate of drug-likeness (QED) is 0.792. The summed E-state index contributed by atoms with van der Waals surface area (Å²) in [6.07, 6.45) is 3.15. The number of nitrogens with zero attached hydrogens (tertiary/aromatic N) is 2. The topological polar surface area (TPSA) is 71.2 Å². The van der Waals surface area contributed by atoms with E-state index in [4.69, 9.17) is 5.73 Å². The number of aryl methyl sites for hydroxylation is 2. The van der Waals surface area contributed by atoms with Crippen molar-refractivity contribution in [3.63, 3.8) is 0 Å². The molecule has 3 rings (SSSR count). The van der Waals surface area contributed by atoms with Crippen molar-refractivity contribution >= 4 is 11.7 Å². The van der Waals surface area contributed by atoms with Crippen molar-refractivity contribution in [2.75, 3.05) is 25.0 Å². The fourth-order valence-electron chi connectivity index (χ4n) is 2.63. The standard InChI is InChI=1S/C13H18N4O/c1-17(9-6-15-7-9)13-10(12(14)18)5-8-3-2-4-11(8)16-13/h5,9,15H,2-4,6-7H2,1H3,(H2,14,18). The van der Waals surface area contributed by atoms with Crippen LogP contribution < -0.4 is 16.0 Å². The third-order valence-electron chi connectivity index (χ3n) is 3.94. The van der Waals surface area contributed by atoms with Crippen LogP contribution >= 0.6 is 0 Å². The molecule has 1 aliphatic heterocycles. The van der Waals surface area contributed by atoms with Gasteiger partial charge in [-0.1, -0.05) is 0 Å². The average molecular weight is 246 g/mol. The zero-order chi connectivity index (χ0) is 12.7. The number of likely N-dealkylation sites (N-methyl/N-ethyl adjacent to an activating group) is 1. The summed E-state index contributed by atoms with van der Waals surface area (Å²) in [5.41, 5.74) is 8.37. The zero-order valence-corrected chi connectivity index (χ0v) is 10.6. The number of carbonyl (C=O) groups is 1. The van der Waals surface area contributed by atoms with Gasteiger partial charge in [0.25, 0.3) is 5.91 Å². The maximum absolute atomic E-state index is 11.6. The largest absolute Gasteiger partial charge is 0.365 e. The van der Waals surface area contributed by atoms with Gasteiger partial charge in [-0.15, -0.1) is 0 Å². The Morgan fingerprint density at radius 3 is 2.89 bits per heavy atom. The minimum atomic E-state index is -0.383. The molecule has 18 heavy (non-hydrogen) atoms. The highest BCUT2D eigenvalue weighted by molar-refractivity contribution is 5.98. The molecule has 0 saturated carbocycles. The molecule has 0 atom stereocenters. The Balaban J connectivity index is 2.02. The highest BCUT2D eigenvalue weighted by Crippen LogP contribution is 2.28. The second-order valence-electron chi connectivity index (χ2n) is 5.11. The van der Waals surface area contributed by atoms with Crippen LogP contribution in [0.25, 0.3) is 0 Å². The summed E-state index contributed by atoms with van der Waals surface area (Å²) in [5, 5.41) is 3.23. The molecule has 0 bridgehead atoms. The minimum absolute atomic E-state index is 0.383. The van der Waals surface area contributed by atoms with Crippen LogP contribution in [0.5, 0.6) is 0 Å². The van der Waals surface area contributed by atoms with E-state index >= 15 is 0 Å². The molecule has 96 valence electrons. The Bertz CT molecular complexity index is 496. The number of nitrogens with one attached hydrogen (secondary N) is 1. The van der Waals surface area contributed by atoms with Gasteiger partial charge in [0.2, 0.25) is 0 Å². The highest BCUT2D eigenvalue weighted by atomic mass is 16.1. The molecule has 1 aromatic heterocycles. The lowest BCUT2D eigenvalue weighted by Crippen LogP contribution is -2.56. The van der Waals surface area contributed by atoms with Gasteiger partial charge < -0.3 is 16.0 Å². The van der Waals surface area contributed by atoms with Crippen LogP contribution in [0.15, 0.2) is 6.07 Å². The fourth-order valence-corrected chi connectivity index (χ4v) is 2.63. The number of fused-ring (bicyclic) bond motifs is 1. The second-order valence-corrected chi connectivity index (χ2v) is 5.11. The third-order valence-corrected chi connectivity index (χ3v) is 3.94. The van der Waals surface area contributed by atoms with E-state index in [1.54, 1.807) is 0 Å². The number of carbonyl (C=O) groups excluding carboxylic acids is 1. The molecule has 1 saturated heterocycles. The number of aromatic nitrogens is 1. The van der Waals surface area contributed by atoms with E-state index in [1.165, 1.54) is 5.56 Å². The number of pyridine rings is 1. The Hall–Kier alpha value is -1.62. The van der Waals surface area contributed by atoms with E-state index in [2.05, 4.69) is 15.2 Å². The smallest absolute Gasteiger partial charge is 0.252 e. The normalized spacial score (nSPS) is 18.3. The lowest BCUT2D eigenvalue weighted by atomic mass is 10.1. The number of amides is 1. The Kier molecular flexibility index (Phi) is 2.70. The molecule has 0 radical (unpaired) electrons. The van der Waals surface area contributed by atoms with Crippen LogP contribution in [0.4, 0.5) is 5.82 Å². The van der Waals surface area contributed by atoms with Gasteiger partial charge in [-0.25, -0.2) is 4.98 Å². The second kappa shape index (κ2) is 4.24. The zero-order valence-electron chi connectivity index (χ0n) is 10.6. The van der Waals surface area contributed by atoms with Gasteiger partial charge >= 0.3 is 0 Å². The first-order valence-corrected chi connectivity index (χ1v) is 6.43. The van der Waals surface area contributed by atoms with Crippen molar-refractivity contribution in [2.45, 2.75) is 25.3 Å². The van der Waals surface area contributed by atoms with Crippen molar-refractivity contribution in [1.82, 2.24) is 10.3 Å². The molecule has 0 aromatic carbocycles. The molecule has 1 aromatic rings. The summed E-state index contributed by atoms with van der Waals surface area (Å²) in [7, 11) is 1.99. The first kappa shape index (κ1) is 11.5. The van der Waals surface area contributed by atoms with E-state index < -0.39 is 0 Å². The molecule has 0 unspecified atom stereocenters. The lowest BCUT2D eigenvalue weighted by Gasteiger charge is -2.37. The average Bonchev–Trinajstić information content (AvgIpc) is 2.71. The van der Waals surface area contributed by atoms with Gasteiger partial charge in [0.1, 0.15) is 5.82 Å². The van der Waals surface area contributed by atoms with Crippen LogP contribution in [0.1, 0.15) is 28.0 Å². The van der Waals surface area contributed by atoms with Crippen molar-refractivity contribution in [2.24, 2.45) is 5.73 Å². The number of primary amides is 1. The predicted octanol–water partition coefficient (Wildman–Crippen LogP) is 0.0772. The SMILES string of the molecule is CN(c1nc2c(cc1C(N)=O)CCC2)C1CNC1. The van der Waals surface area contributed by atoms with Gasteiger partial charge in [-0.05, 0) is 30.9 Å². The van der Waals surface area contributed by atoms with Crippen LogP contribution in [-0.4, -0.2) is 37.1 Å². The Labute approximate surface area is 106 Å². The number of anilines is 1. The molecule has 5 heteroatoms. The fraction of sp³-hybridized carbons (Fsp3) is 0.538. The molecule has 5 nitrogen and oxygen atoms in total. The van der Waals surface area contributed by atoms with E-state index in [0.717, 1.165) is 43.9 Å². The molecule has 1 fully saturated rings. The summed E-state index contributed by atoms with van der Waals surface area (Å²) in [4.78, 5) is 18.3. The molecular weight excluding hydrogens is 228 g/mol. The van der Waals surface area contributed by atoms with Crippen molar-refractivity contribution in [3.05, 3.63) is 22.9 Å². The molecule has 2 heterocycles. The van der Waals surface area contributed by atoms with Gasteiger partial charge in [0.15, 0.2) is 0 Å². The monoisotopic (exact) mass is 246 g/mol.